The molecule has 0 aliphatic rings. The van der Waals surface area contributed by atoms with Crippen molar-refractivity contribution in [2.75, 3.05) is 0 Å². The highest BCUT2D eigenvalue weighted by Gasteiger charge is 2.16. The van der Waals surface area contributed by atoms with E-state index in [4.69, 9.17) is 24.2 Å². The first-order valence-electron chi connectivity index (χ1n) is 4.78. The number of aliphatic hydroxyl groups excluding tert-OH is 2. The molecule has 0 saturated carbocycles. The molecule has 0 aliphatic heterocycles. The Bertz CT molecular complexity index is 121. The monoisotopic (exact) mass is 226 g/mol. The van der Waals surface area contributed by atoms with Crippen molar-refractivity contribution in [3.63, 3.8) is 0 Å². The summed E-state index contributed by atoms with van der Waals surface area (Å²) in [6.07, 6.45) is 0.332. The van der Waals surface area contributed by atoms with Gasteiger partial charge in [-0.1, -0.05) is 26.7 Å². The number of aliphatic hydroxyl groups is 2. The lowest BCUT2D eigenvalue weighted by molar-refractivity contribution is -0.0724. The van der Waals surface area contributed by atoms with Gasteiger partial charge in [-0.15, -0.1) is 0 Å². The van der Waals surface area contributed by atoms with Crippen molar-refractivity contribution in [3.8, 4) is 0 Å². The van der Waals surface area contributed by atoms with Crippen molar-refractivity contribution in [3.05, 3.63) is 0 Å². The fourth-order valence-corrected chi connectivity index (χ4v) is 1.51. The molecule has 3 N–H and O–H groups in total. The summed E-state index contributed by atoms with van der Waals surface area (Å²) >= 11 is 0. The van der Waals surface area contributed by atoms with Gasteiger partial charge in [0, 0.05) is 0 Å². The quantitative estimate of drug-likeness (QED) is 0.431. The van der Waals surface area contributed by atoms with E-state index >= 15 is 0 Å². The minimum Gasteiger partial charge on any atom is -0.368 e. The summed E-state index contributed by atoms with van der Waals surface area (Å²) in [6, 6.07) is 0. The van der Waals surface area contributed by atoms with Crippen LogP contribution in [0.3, 0.4) is 0 Å². The Morgan fingerprint density at radius 1 is 1.00 bits per heavy atom. The van der Waals surface area contributed by atoms with Crippen LogP contribution < -0.4 is 0 Å². The van der Waals surface area contributed by atoms with E-state index in [1.807, 2.05) is 13.8 Å². The molecule has 0 fully saturated rings. The zero-order valence-corrected chi connectivity index (χ0v) is 9.48. The molecule has 0 aliphatic carbocycles. The van der Waals surface area contributed by atoms with Crippen LogP contribution in [0.25, 0.3) is 0 Å². The molecule has 14 heavy (non-hydrogen) atoms. The Hall–Kier alpha value is 0.230. The highest BCUT2D eigenvalue weighted by Crippen LogP contribution is 2.36. The van der Waals surface area contributed by atoms with Crippen molar-refractivity contribution in [1.82, 2.24) is 0 Å². The fraction of sp³-hybridized carbons (Fsp3) is 1.00. The van der Waals surface area contributed by atoms with E-state index in [0.717, 1.165) is 12.8 Å². The predicted octanol–water partition coefficient (Wildman–Crippen LogP) is 1.48. The first kappa shape index (κ1) is 14.2. The maximum atomic E-state index is 9.14. The Labute approximate surface area is 85.7 Å². The van der Waals surface area contributed by atoms with Gasteiger partial charge in [-0.25, -0.2) is 0 Å². The molecular weight excluding hydrogens is 207 g/mol. The van der Waals surface area contributed by atoms with Crippen LogP contribution in [0.15, 0.2) is 0 Å². The van der Waals surface area contributed by atoms with Crippen LogP contribution in [0.1, 0.15) is 39.5 Å². The smallest absolute Gasteiger partial charge is 0.334 e. The zero-order chi connectivity index (χ0) is 11.0. The highest BCUT2D eigenvalue weighted by atomic mass is 31.2. The van der Waals surface area contributed by atoms with Crippen LogP contribution >= 0.6 is 8.60 Å². The molecule has 0 saturated heterocycles. The molecule has 0 aromatic heterocycles. The van der Waals surface area contributed by atoms with E-state index in [9.17, 15) is 0 Å². The Kier molecular flexibility index (Phi) is 8.67. The summed E-state index contributed by atoms with van der Waals surface area (Å²) in [5.74, 6) is 0. The predicted molar refractivity (Wildman–Crippen MR) is 53.1 cm³/mol. The number of hydrogen-bond donors (Lipinski definition) is 3. The van der Waals surface area contributed by atoms with Crippen molar-refractivity contribution < 1.29 is 24.2 Å². The maximum Gasteiger partial charge on any atom is 0.334 e. The topological polar surface area (TPSA) is 79.2 Å². The lowest BCUT2D eigenvalue weighted by atomic mass is 10.3. The average Bonchev–Trinajstić information content (AvgIpc) is 2.03. The second kappa shape index (κ2) is 8.53. The lowest BCUT2D eigenvalue weighted by Crippen LogP contribution is -2.13. The zero-order valence-electron chi connectivity index (χ0n) is 8.59. The van der Waals surface area contributed by atoms with E-state index in [1.54, 1.807) is 0 Å². The summed E-state index contributed by atoms with van der Waals surface area (Å²) in [4.78, 5) is 9.14. The Balaban J connectivity index is 3.57. The molecule has 2 atom stereocenters. The molecule has 5 nitrogen and oxygen atoms in total. The largest absolute Gasteiger partial charge is 0.368 e. The normalized spacial score (nSPS) is 17.8. The van der Waals surface area contributed by atoms with Crippen LogP contribution in [0.4, 0.5) is 0 Å². The number of rotatable bonds is 8. The first-order valence-corrected chi connectivity index (χ1v) is 5.91. The minimum absolute atomic E-state index is 0.437. The van der Waals surface area contributed by atoms with Crippen LogP contribution in [0, 0.1) is 0 Å². The molecule has 0 aromatic carbocycles. The highest BCUT2D eigenvalue weighted by molar-refractivity contribution is 7.40. The Morgan fingerprint density at radius 3 is 1.64 bits per heavy atom. The van der Waals surface area contributed by atoms with Gasteiger partial charge >= 0.3 is 8.60 Å². The molecular formula is C8H19O5P. The van der Waals surface area contributed by atoms with Gasteiger partial charge in [0.05, 0.1) is 0 Å². The molecule has 2 unspecified atom stereocenters. The van der Waals surface area contributed by atoms with Gasteiger partial charge in [0.1, 0.15) is 0 Å². The third-order valence-electron chi connectivity index (χ3n) is 1.49. The molecule has 0 spiro atoms. The lowest BCUT2D eigenvalue weighted by Gasteiger charge is -2.17. The first-order chi connectivity index (χ1) is 6.60. The van der Waals surface area contributed by atoms with E-state index in [2.05, 4.69) is 0 Å². The summed E-state index contributed by atoms with van der Waals surface area (Å²) < 4.78 is 9.40. The maximum absolute atomic E-state index is 9.14. The van der Waals surface area contributed by atoms with Gasteiger partial charge in [-0.2, -0.15) is 0 Å². The van der Waals surface area contributed by atoms with E-state index in [-0.39, 0.29) is 0 Å². The second-order valence-electron chi connectivity index (χ2n) is 2.94. The van der Waals surface area contributed by atoms with Crippen LogP contribution in [-0.2, 0) is 9.05 Å². The molecule has 0 rings (SSSR count). The van der Waals surface area contributed by atoms with E-state index < -0.39 is 21.2 Å². The summed E-state index contributed by atoms with van der Waals surface area (Å²) in [5.41, 5.74) is 0. The van der Waals surface area contributed by atoms with E-state index in [1.165, 1.54) is 0 Å². The summed E-state index contributed by atoms with van der Waals surface area (Å²) in [5, 5.41) is 18.3. The van der Waals surface area contributed by atoms with Gasteiger partial charge in [0.15, 0.2) is 12.6 Å². The van der Waals surface area contributed by atoms with Crippen molar-refractivity contribution >= 4 is 8.60 Å². The van der Waals surface area contributed by atoms with Crippen molar-refractivity contribution in [2.24, 2.45) is 0 Å². The molecule has 0 amide bonds. The third-order valence-corrected chi connectivity index (χ3v) is 2.34. The Morgan fingerprint density at radius 2 is 1.36 bits per heavy atom. The minimum atomic E-state index is -2.18. The van der Waals surface area contributed by atoms with E-state index in [0.29, 0.717) is 12.8 Å². The van der Waals surface area contributed by atoms with Crippen molar-refractivity contribution in [2.45, 2.75) is 52.1 Å². The van der Waals surface area contributed by atoms with Gasteiger partial charge in [0.25, 0.3) is 0 Å². The van der Waals surface area contributed by atoms with Crippen molar-refractivity contribution in [1.29, 1.82) is 0 Å². The second-order valence-corrected chi connectivity index (χ2v) is 3.83. The summed E-state index contributed by atoms with van der Waals surface area (Å²) in [6.45, 7) is 3.78. The van der Waals surface area contributed by atoms with Gasteiger partial charge in [-0.05, 0) is 12.8 Å². The molecule has 0 bridgehead atoms. The molecule has 0 heterocycles. The van der Waals surface area contributed by atoms with Gasteiger partial charge < -0.3 is 15.1 Å². The van der Waals surface area contributed by atoms with Crippen LogP contribution in [0.5, 0.6) is 0 Å². The fourth-order valence-electron chi connectivity index (χ4n) is 0.832. The summed E-state index contributed by atoms with van der Waals surface area (Å²) in [7, 11) is -2.18. The molecule has 86 valence electrons. The SMILES string of the molecule is CCCC(O)OP(O)OC(O)CCC. The van der Waals surface area contributed by atoms with Gasteiger partial charge in [-0.3, -0.25) is 9.05 Å². The van der Waals surface area contributed by atoms with Crippen LogP contribution in [0.2, 0.25) is 0 Å². The molecule has 0 aromatic rings. The molecule has 0 radical (unpaired) electrons. The number of hydrogen-bond acceptors (Lipinski definition) is 5. The third kappa shape index (κ3) is 7.62. The standard InChI is InChI=1S/C8H19O5P/c1-3-5-7(9)12-14(11)13-8(10)6-4-2/h7-11H,3-6H2,1-2H3. The van der Waals surface area contributed by atoms with Gasteiger partial charge in [0.2, 0.25) is 0 Å². The average molecular weight is 226 g/mol. The van der Waals surface area contributed by atoms with Crippen LogP contribution in [-0.4, -0.2) is 27.7 Å². The molecule has 6 heteroatoms.